The Hall–Kier alpha value is -1.60. The highest BCUT2D eigenvalue weighted by molar-refractivity contribution is 7.89. The third kappa shape index (κ3) is 7.33. The maximum absolute atomic E-state index is 12.2. The van der Waals surface area contributed by atoms with Crippen molar-refractivity contribution in [3.8, 4) is 0 Å². The molecule has 1 aromatic rings. The van der Waals surface area contributed by atoms with Gasteiger partial charge in [-0.3, -0.25) is 4.99 Å². The van der Waals surface area contributed by atoms with Gasteiger partial charge in [-0.05, 0) is 19.4 Å². The van der Waals surface area contributed by atoms with E-state index in [-0.39, 0.29) is 5.75 Å². The molecule has 6 nitrogen and oxygen atoms in total. The van der Waals surface area contributed by atoms with E-state index in [9.17, 15) is 8.42 Å². The lowest BCUT2D eigenvalue weighted by Gasteiger charge is -2.19. The molecule has 0 spiro atoms. The summed E-state index contributed by atoms with van der Waals surface area (Å²) >= 11 is 0. The third-order valence-corrected chi connectivity index (χ3v) is 6.25. The van der Waals surface area contributed by atoms with Crippen LogP contribution in [0.15, 0.2) is 29.3 Å². The van der Waals surface area contributed by atoms with E-state index in [0.717, 1.165) is 6.54 Å². The Morgan fingerprint density at radius 1 is 1.19 bits per heavy atom. The highest BCUT2D eigenvalue weighted by Crippen LogP contribution is 2.16. The van der Waals surface area contributed by atoms with E-state index in [4.69, 9.17) is 0 Å². The SMILES string of the molecule is CCNC(=NCC(C)c1cccc(C)c1)NCCS(=O)(=O)N(CC)CC. The smallest absolute Gasteiger partial charge is 0.215 e. The lowest BCUT2D eigenvalue weighted by molar-refractivity contribution is 0.445. The maximum Gasteiger partial charge on any atom is 0.215 e. The first-order valence-electron chi connectivity index (χ1n) is 9.40. The Bertz CT molecular complexity index is 670. The van der Waals surface area contributed by atoms with E-state index >= 15 is 0 Å². The van der Waals surface area contributed by atoms with Gasteiger partial charge in [-0.15, -0.1) is 0 Å². The fourth-order valence-corrected chi connectivity index (χ4v) is 4.10. The molecule has 0 heterocycles. The quantitative estimate of drug-likeness (QED) is 0.481. The molecule has 26 heavy (non-hydrogen) atoms. The van der Waals surface area contributed by atoms with Crippen LogP contribution in [0.1, 0.15) is 44.7 Å². The minimum atomic E-state index is -3.22. The fourth-order valence-electron chi connectivity index (χ4n) is 2.70. The Balaban J connectivity index is 2.63. The molecule has 0 radical (unpaired) electrons. The Kier molecular flexibility index (Phi) is 9.65. The summed E-state index contributed by atoms with van der Waals surface area (Å²) in [5.74, 6) is 1.01. The van der Waals surface area contributed by atoms with Gasteiger partial charge in [0.15, 0.2) is 5.96 Å². The van der Waals surface area contributed by atoms with Crippen molar-refractivity contribution in [2.24, 2.45) is 4.99 Å². The van der Waals surface area contributed by atoms with Gasteiger partial charge in [-0.25, -0.2) is 12.7 Å². The van der Waals surface area contributed by atoms with Crippen molar-refractivity contribution in [1.29, 1.82) is 0 Å². The Morgan fingerprint density at radius 2 is 1.88 bits per heavy atom. The van der Waals surface area contributed by atoms with Gasteiger partial charge in [0, 0.05) is 38.6 Å². The Morgan fingerprint density at radius 3 is 2.46 bits per heavy atom. The lowest BCUT2D eigenvalue weighted by Crippen LogP contribution is -2.42. The van der Waals surface area contributed by atoms with Crippen molar-refractivity contribution in [2.45, 2.75) is 40.5 Å². The van der Waals surface area contributed by atoms with Crippen LogP contribution in [0.5, 0.6) is 0 Å². The van der Waals surface area contributed by atoms with Crippen LogP contribution >= 0.6 is 0 Å². The number of hydrogen-bond donors (Lipinski definition) is 2. The van der Waals surface area contributed by atoms with Gasteiger partial charge in [0.1, 0.15) is 0 Å². The van der Waals surface area contributed by atoms with Crippen LogP contribution in [0.3, 0.4) is 0 Å². The van der Waals surface area contributed by atoms with E-state index < -0.39 is 10.0 Å². The fraction of sp³-hybridized carbons (Fsp3) is 0.632. The molecule has 0 fully saturated rings. The van der Waals surface area contributed by atoms with E-state index in [1.165, 1.54) is 15.4 Å². The van der Waals surface area contributed by atoms with Crippen molar-refractivity contribution in [3.05, 3.63) is 35.4 Å². The lowest BCUT2D eigenvalue weighted by atomic mass is 10.00. The highest BCUT2D eigenvalue weighted by Gasteiger charge is 2.18. The second-order valence-corrected chi connectivity index (χ2v) is 8.45. The summed E-state index contributed by atoms with van der Waals surface area (Å²) in [4.78, 5) is 4.61. The van der Waals surface area contributed by atoms with Gasteiger partial charge >= 0.3 is 0 Å². The molecule has 148 valence electrons. The minimum Gasteiger partial charge on any atom is -0.357 e. The van der Waals surface area contributed by atoms with Crippen molar-refractivity contribution in [1.82, 2.24) is 14.9 Å². The van der Waals surface area contributed by atoms with Crippen LogP contribution < -0.4 is 10.6 Å². The van der Waals surface area contributed by atoms with E-state index in [2.05, 4.69) is 53.7 Å². The highest BCUT2D eigenvalue weighted by atomic mass is 32.2. The van der Waals surface area contributed by atoms with Crippen LogP contribution in [0.2, 0.25) is 0 Å². The van der Waals surface area contributed by atoms with Crippen LogP contribution in [-0.4, -0.2) is 57.2 Å². The van der Waals surface area contributed by atoms with Gasteiger partial charge < -0.3 is 10.6 Å². The molecule has 0 saturated carbocycles. The summed E-state index contributed by atoms with van der Waals surface area (Å²) < 4.78 is 26.0. The summed E-state index contributed by atoms with van der Waals surface area (Å²) in [5.41, 5.74) is 2.50. The number of nitrogens with zero attached hydrogens (tertiary/aromatic N) is 2. The monoisotopic (exact) mass is 382 g/mol. The topological polar surface area (TPSA) is 73.8 Å². The molecule has 0 aliphatic carbocycles. The van der Waals surface area contributed by atoms with Crippen LogP contribution in [-0.2, 0) is 10.0 Å². The zero-order valence-electron chi connectivity index (χ0n) is 16.7. The molecule has 1 unspecified atom stereocenters. The third-order valence-electron chi connectivity index (χ3n) is 4.23. The van der Waals surface area contributed by atoms with Gasteiger partial charge in [-0.1, -0.05) is 50.6 Å². The summed E-state index contributed by atoms with van der Waals surface area (Å²) in [6, 6.07) is 8.44. The first-order valence-corrected chi connectivity index (χ1v) is 11.0. The number of hydrogen-bond acceptors (Lipinski definition) is 3. The molecule has 1 aromatic carbocycles. The normalized spacial score (nSPS) is 13.7. The molecule has 1 rings (SSSR count). The van der Waals surface area contributed by atoms with Crippen molar-refractivity contribution in [2.75, 3.05) is 38.5 Å². The maximum atomic E-state index is 12.2. The average molecular weight is 383 g/mol. The standard InChI is InChI=1S/C19H34N4O2S/c1-6-20-19(21-12-13-26(24,25)23(7-2)8-3)22-15-17(5)18-11-9-10-16(4)14-18/h9-11,14,17H,6-8,12-13,15H2,1-5H3,(H2,20,21,22). The van der Waals surface area contributed by atoms with Crippen molar-refractivity contribution in [3.63, 3.8) is 0 Å². The number of aliphatic imine (C=N–C) groups is 1. The van der Waals surface area contributed by atoms with Crippen LogP contribution in [0.25, 0.3) is 0 Å². The second kappa shape index (κ2) is 11.2. The predicted molar refractivity (Wildman–Crippen MR) is 110 cm³/mol. The van der Waals surface area contributed by atoms with E-state index in [1.807, 2.05) is 20.8 Å². The number of nitrogens with one attached hydrogen (secondary N) is 2. The molecule has 1 atom stereocenters. The van der Waals surface area contributed by atoms with Crippen LogP contribution in [0.4, 0.5) is 0 Å². The van der Waals surface area contributed by atoms with Gasteiger partial charge in [-0.2, -0.15) is 0 Å². The second-order valence-electron chi connectivity index (χ2n) is 6.36. The molecule has 0 aliphatic rings. The van der Waals surface area contributed by atoms with Gasteiger partial charge in [0.25, 0.3) is 0 Å². The van der Waals surface area contributed by atoms with E-state index in [0.29, 0.717) is 38.1 Å². The average Bonchev–Trinajstić information content (AvgIpc) is 2.60. The van der Waals surface area contributed by atoms with Crippen molar-refractivity contribution < 1.29 is 8.42 Å². The Labute approximate surface area is 159 Å². The van der Waals surface area contributed by atoms with Crippen molar-refractivity contribution >= 4 is 16.0 Å². The number of guanidine groups is 1. The van der Waals surface area contributed by atoms with Crippen LogP contribution in [0, 0.1) is 6.92 Å². The largest absolute Gasteiger partial charge is 0.357 e. The molecule has 0 aromatic heterocycles. The number of benzene rings is 1. The molecule has 7 heteroatoms. The van der Waals surface area contributed by atoms with E-state index in [1.54, 1.807) is 0 Å². The minimum absolute atomic E-state index is 0.0620. The number of rotatable bonds is 10. The molecule has 0 aliphatic heterocycles. The summed E-state index contributed by atoms with van der Waals surface area (Å²) in [5, 5.41) is 6.31. The van der Waals surface area contributed by atoms with Gasteiger partial charge in [0.05, 0.1) is 5.75 Å². The first-order chi connectivity index (χ1) is 12.3. The first kappa shape index (κ1) is 22.4. The summed E-state index contributed by atoms with van der Waals surface area (Å²) in [7, 11) is -3.22. The molecular weight excluding hydrogens is 348 g/mol. The molecule has 0 amide bonds. The predicted octanol–water partition coefficient (Wildman–Crippen LogP) is 2.33. The summed E-state index contributed by atoms with van der Waals surface area (Å²) in [6.07, 6.45) is 0. The zero-order valence-corrected chi connectivity index (χ0v) is 17.6. The molecule has 0 saturated heterocycles. The number of sulfonamides is 1. The molecular formula is C19H34N4O2S. The zero-order chi connectivity index (χ0) is 19.6. The summed E-state index contributed by atoms with van der Waals surface area (Å²) in [6.45, 7) is 12.6. The molecule has 0 bridgehead atoms. The number of aryl methyl sites for hydroxylation is 1. The van der Waals surface area contributed by atoms with Gasteiger partial charge in [0.2, 0.25) is 10.0 Å². The molecule has 2 N–H and O–H groups in total.